The van der Waals surface area contributed by atoms with Crippen LogP contribution in [-0.4, -0.2) is 41.4 Å². The number of aromatic hydroxyl groups is 1. The number of benzene rings is 1. The number of nitrogens with one attached hydrogen (secondary N) is 2. The number of esters is 1. The second-order valence-corrected chi connectivity index (χ2v) is 5.62. The average molecular weight is 370 g/mol. The van der Waals surface area contributed by atoms with Crippen molar-refractivity contribution in [3.63, 3.8) is 0 Å². The highest BCUT2D eigenvalue weighted by molar-refractivity contribution is 6.08. The molecule has 0 radical (unpaired) electrons. The molecular weight excluding hydrogens is 352 g/mol. The normalized spacial score (nSPS) is 10.6. The summed E-state index contributed by atoms with van der Waals surface area (Å²) in [6.45, 7) is 1.36. The van der Waals surface area contributed by atoms with E-state index >= 15 is 0 Å². The van der Waals surface area contributed by atoms with Gasteiger partial charge in [-0.2, -0.15) is 0 Å². The molecule has 0 saturated heterocycles. The van der Waals surface area contributed by atoms with Gasteiger partial charge in [0.1, 0.15) is 17.9 Å². The van der Waals surface area contributed by atoms with E-state index in [4.69, 9.17) is 0 Å². The Morgan fingerprint density at radius 3 is 2.48 bits per heavy atom. The Hall–Kier alpha value is -3.68. The summed E-state index contributed by atoms with van der Waals surface area (Å²) in [5.74, 6) is -2.03. The van der Waals surface area contributed by atoms with Gasteiger partial charge >= 0.3 is 5.97 Å². The summed E-state index contributed by atoms with van der Waals surface area (Å²) in [6, 6.07) is 7.52. The molecule has 140 valence electrons. The van der Waals surface area contributed by atoms with Gasteiger partial charge in [-0.05, 0) is 36.8 Å². The molecule has 0 aliphatic rings. The Balaban J connectivity index is 2.08. The van der Waals surface area contributed by atoms with E-state index in [9.17, 15) is 24.3 Å². The fourth-order valence-electron chi connectivity index (χ4n) is 2.24. The molecule has 1 amide bonds. The predicted octanol–water partition coefficient (Wildman–Crippen LogP) is 1.19. The van der Waals surface area contributed by atoms with Crippen molar-refractivity contribution in [3.8, 4) is 5.75 Å². The lowest BCUT2D eigenvalue weighted by atomic mass is 10.1. The summed E-state index contributed by atoms with van der Waals surface area (Å²) in [5, 5.41) is 12.2. The van der Waals surface area contributed by atoms with E-state index < -0.39 is 23.2 Å². The number of ketones is 1. The zero-order valence-corrected chi connectivity index (χ0v) is 14.7. The molecule has 0 fully saturated rings. The average Bonchev–Trinajstić information content (AvgIpc) is 2.63. The van der Waals surface area contributed by atoms with Crippen LogP contribution in [0.3, 0.4) is 0 Å². The monoisotopic (exact) mass is 370 g/mol. The zero-order valence-electron chi connectivity index (χ0n) is 14.7. The van der Waals surface area contributed by atoms with E-state index in [1.54, 1.807) is 19.1 Å². The summed E-state index contributed by atoms with van der Waals surface area (Å²) in [5.41, 5.74) is 0.375. The third-order valence-electron chi connectivity index (χ3n) is 3.61. The molecule has 8 heteroatoms. The van der Waals surface area contributed by atoms with Crippen LogP contribution >= 0.6 is 0 Å². The second-order valence-electron chi connectivity index (χ2n) is 5.62. The number of methoxy groups -OCH3 is 1. The van der Waals surface area contributed by atoms with E-state index in [1.807, 2.05) is 0 Å². The number of carbonyl (C=O) groups excluding carboxylic acids is 3. The second kappa shape index (κ2) is 8.61. The van der Waals surface area contributed by atoms with Gasteiger partial charge in [-0.25, -0.2) is 0 Å². The number of carbonyl (C=O) groups is 3. The molecule has 1 aromatic heterocycles. The number of H-pyrrole nitrogens is 1. The molecule has 2 rings (SSSR count). The Kier molecular flexibility index (Phi) is 6.27. The maximum atomic E-state index is 12.1. The highest BCUT2D eigenvalue weighted by Crippen LogP contribution is 2.15. The first-order valence-electron chi connectivity index (χ1n) is 7.92. The molecule has 3 N–H and O–H groups in total. The van der Waals surface area contributed by atoms with Gasteiger partial charge in [0.15, 0.2) is 5.78 Å². The van der Waals surface area contributed by atoms with Crippen LogP contribution in [0.5, 0.6) is 5.75 Å². The molecule has 0 aliphatic carbocycles. The van der Waals surface area contributed by atoms with Crippen LogP contribution < -0.4 is 10.9 Å². The van der Waals surface area contributed by atoms with Gasteiger partial charge in [0.25, 0.3) is 11.5 Å². The van der Waals surface area contributed by atoms with Crippen molar-refractivity contribution in [1.29, 1.82) is 0 Å². The van der Waals surface area contributed by atoms with Crippen LogP contribution in [0.2, 0.25) is 0 Å². The Bertz CT molecular complexity index is 957. The lowest BCUT2D eigenvalue weighted by Crippen LogP contribution is -2.30. The summed E-state index contributed by atoms with van der Waals surface area (Å²) >= 11 is 0. The Labute approximate surface area is 154 Å². The van der Waals surface area contributed by atoms with Crippen molar-refractivity contribution in [2.45, 2.75) is 6.92 Å². The number of allylic oxidation sites excluding steroid dienone is 1. The van der Waals surface area contributed by atoms with Crippen LogP contribution in [0, 0.1) is 6.92 Å². The number of pyridine rings is 1. The third-order valence-corrected chi connectivity index (χ3v) is 3.61. The minimum Gasteiger partial charge on any atom is -0.507 e. The van der Waals surface area contributed by atoms with Crippen LogP contribution in [-0.2, 0) is 9.53 Å². The zero-order chi connectivity index (χ0) is 20.0. The van der Waals surface area contributed by atoms with E-state index in [-0.39, 0.29) is 17.9 Å². The number of amides is 1. The molecule has 2 aromatic rings. The predicted molar refractivity (Wildman–Crippen MR) is 97.6 cm³/mol. The van der Waals surface area contributed by atoms with Crippen LogP contribution in [0.25, 0.3) is 6.08 Å². The first-order chi connectivity index (χ1) is 12.8. The van der Waals surface area contributed by atoms with Crippen LogP contribution in [0.4, 0.5) is 0 Å². The minimum absolute atomic E-state index is 0.236. The molecule has 0 aliphatic heterocycles. The maximum Gasteiger partial charge on any atom is 0.325 e. The molecule has 0 spiro atoms. The van der Waals surface area contributed by atoms with Gasteiger partial charge < -0.3 is 20.1 Å². The first-order valence-corrected chi connectivity index (χ1v) is 7.92. The quantitative estimate of drug-likeness (QED) is 0.398. The molecule has 1 heterocycles. The topological polar surface area (TPSA) is 126 Å². The van der Waals surface area contributed by atoms with Crippen molar-refractivity contribution >= 4 is 23.7 Å². The van der Waals surface area contributed by atoms with Gasteiger partial charge in [0.2, 0.25) is 0 Å². The Morgan fingerprint density at radius 2 is 1.89 bits per heavy atom. The van der Waals surface area contributed by atoms with E-state index in [0.717, 1.165) is 6.08 Å². The Morgan fingerprint density at radius 1 is 1.22 bits per heavy atom. The fourth-order valence-corrected chi connectivity index (χ4v) is 2.24. The van der Waals surface area contributed by atoms with Crippen LogP contribution in [0.1, 0.15) is 32.0 Å². The highest BCUT2D eigenvalue weighted by Gasteiger charge is 2.14. The number of ether oxygens (including phenoxy) is 1. The van der Waals surface area contributed by atoms with Crippen molar-refractivity contribution in [1.82, 2.24) is 10.3 Å². The smallest absolute Gasteiger partial charge is 0.325 e. The summed E-state index contributed by atoms with van der Waals surface area (Å²) < 4.78 is 4.43. The van der Waals surface area contributed by atoms with Gasteiger partial charge in [-0.15, -0.1) is 0 Å². The summed E-state index contributed by atoms with van der Waals surface area (Å²) in [7, 11) is 1.22. The third kappa shape index (κ3) is 5.15. The van der Waals surface area contributed by atoms with E-state index in [2.05, 4.69) is 15.0 Å². The molecule has 0 unspecified atom stereocenters. The number of hydrogen-bond acceptors (Lipinski definition) is 6. The molecule has 1 aromatic carbocycles. The van der Waals surface area contributed by atoms with Crippen molar-refractivity contribution in [2.24, 2.45) is 0 Å². The van der Waals surface area contributed by atoms with Crippen molar-refractivity contribution in [2.75, 3.05) is 13.7 Å². The molecule has 0 atom stereocenters. The maximum absolute atomic E-state index is 12.1. The van der Waals surface area contributed by atoms with Gasteiger partial charge in [0.05, 0.1) is 7.11 Å². The van der Waals surface area contributed by atoms with Crippen LogP contribution in [0.15, 0.2) is 41.2 Å². The van der Waals surface area contributed by atoms with Crippen molar-refractivity contribution in [3.05, 3.63) is 69.1 Å². The lowest BCUT2D eigenvalue weighted by Gasteiger charge is -2.04. The van der Waals surface area contributed by atoms with E-state index in [0.29, 0.717) is 16.8 Å². The molecule has 27 heavy (non-hydrogen) atoms. The molecule has 8 nitrogen and oxygen atoms in total. The summed E-state index contributed by atoms with van der Waals surface area (Å²) in [6.07, 6.45) is 2.61. The summed E-state index contributed by atoms with van der Waals surface area (Å²) in [4.78, 5) is 49.3. The fraction of sp³-hybridized carbons (Fsp3) is 0.158. The first kappa shape index (κ1) is 19.6. The molecular formula is C19H18N2O6. The minimum atomic E-state index is -0.667. The lowest BCUT2D eigenvalue weighted by molar-refractivity contribution is -0.139. The van der Waals surface area contributed by atoms with E-state index in [1.165, 1.54) is 31.4 Å². The SMILES string of the molecule is COC(=O)CNC(=O)c1ccc(C=CC(=O)c2c(O)cc(C)[nH]c2=O)cc1. The van der Waals surface area contributed by atoms with Gasteiger partial charge in [-0.3, -0.25) is 19.2 Å². The van der Waals surface area contributed by atoms with Gasteiger partial charge in [-0.1, -0.05) is 18.2 Å². The number of hydrogen-bond donors (Lipinski definition) is 3. The number of rotatable bonds is 6. The number of aromatic nitrogens is 1. The molecule has 0 saturated carbocycles. The standard InChI is InChI=1S/C19H18N2O6/c1-11-9-15(23)17(19(26)21-11)14(22)8-5-12-3-6-13(7-4-12)18(25)20-10-16(24)27-2/h3-9H,10H2,1-2H3,(H,20,25)(H2,21,23,26). The molecule has 0 bridgehead atoms. The number of aryl methyl sites for hydroxylation is 1. The van der Waals surface area contributed by atoms with Crippen molar-refractivity contribution < 1.29 is 24.2 Å². The number of aromatic amines is 1. The van der Waals surface area contributed by atoms with Gasteiger partial charge in [0, 0.05) is 11.3 Å². The highest BCUT2D eigenvalue weighted by atomic mass is 16.5. The largest absolute Gasteiger partial charge is 0.507 e.